The average molecular weight is 274 g/mol. The normalized spacial score (nSPS) is 17.7. The lowest BCUT2D eigenvalue weighted by Gasteiger charge is -2.26. The Balaban J connectivity index is 2.14. The molecule has 2 aromatic carbocycles. The monoisotopic (exact) mass is 273 g/mol. The molecule has 3 nitrogen and oxygen atoms in total. The molecule has 0 unspecified atom stereocenters. The summed E-state index contributed by atoms with van der Waals surface area (Å²) in [5.41, 5.74) is 2.57. The zero-order chi connectivity index (χ0) is 13.4. The standard InChI is InChI=1S/C15H12ClNO2/c16-13-4-2-1-3-10(13)12-8-15(19)17-14-7-9(18)5-6-11(12)14/h1-7,12,18H,8H2,(H,17,19)/t12-/m0/s1. The number of phenolic OH excluding ortho intramolecular Hbond substituents is 1. The fourth-order valence-corrected chi connectivity index (χ4v) is 2.76. The average Bonchev–Trinajstić information content (AvgIpc) is 2.38. The highest BCUT2D eigenvalue weighted by molar-refractivity contribution is 6.31. The molecule has 0 saturated heterocycles. The quantitative estimate of drug-likeness (QED) is 0.835. The fourth-order valence-electron chi connectivity index (χ4n) is 2.49. The summed E-state index contributed by atoms with van der Waals surface area (Å²) in [6.07, 6.45) is 0.363. The Morgan fingerprint density at radius 2 is 1.95 bits per heavy atom. The second-order valence-electron chi connectivity index (χ2n) is 4.60. The van der Waals surface area contributed by atoms with Gasteiger partial charge in [0.1, 0.15) is 5.75 Å². The second-order valence-corrected chi connectivity index (χ2v) is 5.01. The number of carbonyl (C=O) groups excluding carboxylic acids is 1. The maximum atomic E-state index is 11.8. The summed E-state index contributed by atoms with van der Waals surface area (Å²) >= 11 is 6.22. The summed E-state index contributed by atoms with van der Waals surface area (Å²) in [7, 11) is 0. The highest BCUT2D eigenvalue weighted by Gasteiger charge is 2.27. The molecular formula is C15H12ClNO2. The van der Waals surface area contributed by atoms with E-state index in [1.54, 1.807) is 12.1 Å². The van der Waals surface area contributed by atoms with E-state index >= 15 is 0 Å². The number of carbonyl (C=O) groups is 1. The van der Waals surface area contributed by atoms with Crippen LogP contribution in [0.1, 0.15) is 23.5 Å². The van der Waals surface area contributed by atoms with Crippen molar-refractivity contribution in [1.29, 1.82) is 0 Å². The number of amides is 1. The number of rotatable bonds is 1. The number of anilines is 1. The smallest absolute Gasteiger partial charge is 0.225 e. The summed E-state index contributed by atoms with van der Waals surface area (Å²) < 4.78 is 0. The number of phenols is 1. The van der Waals surface area contributed by atoms with Gasteiger partial charge in [0.15, 0.2) is 0 Å². The van der Waals surface area contributed by atoms with Crippen LogP contribution < -0.4 is 5.32 Å². The first-order valence-electron chi connectivity index (χ1n) is 6.02. The molecule has 0 aliphatic carbocycles. The van der Waals surface area contributed by atoms with Crippen molar-refractivity contribution in [2.24, 2.45) is 0 Å². The number of benzene rings is 2. The zero-order valence-corrected chi connectivity index (χ0v) is 10.8. The van der Waals surface area contributed by atoms with E-state index in [4.69, 9.17) is 11.6 Å². The SMILES string of the molecule is O=C1C[C@@H](c2ccccc2Cl)c2ccc(O)cc2N1. The van der Waals surface area contributed by atoms with Gasteiger partial charge in [0, 0.05) is 29.1 Å². The largest absolute Gasteiger partial charge is 0.508 e. The molecule has 1 heterocycles. The van der Waals surface area contributed by atoms with Gasteiger partial charge in [-0.1, -0.05) is 35.9 Å². The summed E-state index contributed by atoms with van der Waals surface area (Å²) in [5.74, 6) is -0.0000663. The lowest BCUT2D eigenvalue weighted by Crippen LogP contribution is -2.23. The molecule has 1 aliphatic heterocycles. The number of fused-ring (bicyclic) bond motifs is 1. The van der Waals surface area contributed by atoms with Gasteiger partial charge in [-0.25, -0.2) is 0 Å². The number of hydrogen-bond acceptors (Lipinski definition) is 2. The fraction of sp³-hybridized carbons (Fsp3) is 0.133. The van der Waals surface area contributed by atoms with Gasteiger partial charge in [0.05, 0.1) is 0 Å². The van der Waals surface area contributed by atoms with Gasteiger partial charge in [-0.3, -0.25) is 4.79 Å². The zero-order valence-electron chi connectivity index (χ0n) is 10.1. The Bertz CT molecular complexity index is 654. The summed E-state index contributed by atoms with van der Waals surface area (Å²) in [5, 5.41) is 12.9. The first kappa shape index (κ1) is 12.1. The van der Waals surface area contributed by atoms with Crippen LogP contribution in [0, 0.1) is 0 Å². The van der Waals surface area contributed by atoms with E-state index < -0.39 is 0 Å². The lowest BCUT2D eigenvalue weighted by molar-refractivity contribution is -0.116. The molecule has 2 N–H and O–H groups in total. The molecule has 3 rings (SSSR count). The Labute approximate surface area is 115 Å². The molecule has 2 aromatic rings. The number of halogens is 1. The lowest BCUT2D eigenvalue weighted by atomic mass is 9.85. The number of aromatic hydroxyl groups is 1. The van der Waals surface area contributed by atoms with E-state index in [1.165, 1.54) is 0 Å². The van der Waals surface area contributed by atoms with E-state index in [0.717, 1.165) is 11.1 Å². The van der Waals surface area contributed by atoms with Crippen LogP contribution in [0.4, 0.5) is 5.69 Å². The van der Waals surface area contributed by atoms with Gasteiger partial charge in [-0.15, -0.1) is 0 Å². The molecule has 0 bridgehead atoms. The van der Waals surface area contributed by atoms with Crippen LogP contribution in [-0.4, -0.2) is 11.0 Å². The van der Waals surface area contributed by atoms with Gasteiger partial charge in [0.2, 0.25) is 5.91 Å². The van der Waals surface area contributed by atoms with Crippen molar-refractivity contribution < 1.29 is 9.90 Å². The molecule has 0 radical (unpaired) electrons. The van der Waals surface area contributed by atoms with Crippen molar-refractivity contribution in [3.8, 4) is 5.75 Å². The predicted molar refractivity (Wildman–Crippen MR) is 74.6 cm³/mol. The number of hydrogen-bond donors (Lipinski definition) is 2. The Kier molecular flexibility index (Phi) is 2.91. The van der Waals surface area contributed by atoms with Gasteiger partial charge in [-0.05, 0) is 23.3 Å². The van der Waals surface area contributed by atoms with Crippen molar-refractivity contribution in [2.45, 2.75) is 12.3 Å². The molecule has 4 heteroatoms. The van der Waals surface area contributed by atoms with E-state index in [9.17, 15) is 9.90 Å². The molecule has 0 spiro atoms. The molecule has 19 heavy (non-hydrogen) atoms. The Morgan fingerprint density at radius 1 is 1.16 bits per heavy atom. The summed E-state index contributed by atoms with van der Waals surface area (Å²) in [4.78, 5) is 11.8. The van der Waals surface area contributed by atoms with Crippen LogP contribution in [0.15, 0.2) is 42.5 Å². The van der Waals surface area contributed by atoms with E-state index in [1.807, 2.05) is 30.3 Å². The van der Waals surface area contributed by atoms with E-state index in [-0.39, 0.29) is 17.6 Å². The predicted octanol–water partition coefficient (Wildman–Crippen LogP) is 3.52. The molecule has 0 saturated carbocycles. The molecule has 0 aromatic heterocycles. The first-order chi connectivity index (χ1) is 9.15. The molecule has 1 atom stereocenters. The first-order valence-corrected chi connectivity index (χ1v) is 6.40. The van der Waals surface area contributed by atoms with Gasteiger partial charge < -0.3 is 10.4 Å². The van der Waals surface area contributed by atoms with Crippen LogP contribution in [0.3, 0.4) is 0 Å². The van der Waals surface area contributed by atoms with Crippen molar-refractivity contribution in [1.82, 2.24) is 0 Å². The summed E-state index contributed by atoms with van der Waals surface area (Å²) in [6.45, 7) is 0. The van der Waals surface area contributed by atoms with Gasteiger partial charge in [0.25, 0.3) is 0 Å². The second kappa shape index (κ2) is 4.59. The van der Waals surface area contributed by atoms with E-state index in [0.29, 0.717) is 17.1 Å². The molecule has 0 fully saturated rings. The van der Waals surface area contributed by atoms with Crippen LogP contribution in [0.25, 0.3) is 0 Å². The molecule has 1 aliphatic rings. The summed E-state index contributed by atoms with van der Waals surface area (Å²) in [6, 6.07) is 12.6. The maximum absolute atomic E-state index is 11.8. The Morgan fingerprint density at radius 3 is 2.74 bits per heavy atom. The highest BCUT2D eigenvalue weighted by atomic mass is 35.5. The minimum absolute atomic E-state index is 0.0666. The molecule has 1 amide bonds. The molecular weight excluding hydrogens is 262 g/mol. The Hall–Kier alpha value is -2.00. The van der Waals surface area contributed by atoms with Crippen molar-refractivity contribution >= 4 is 23.2 Å². The minimum Gasteiger partial charge on any atom is -0.508 e. The third-order valence-electron chi connectivity index (χ3n) is 3.36. The third kappa shape index (κ3) is 2.17. The van der Waals surface area contributed by atoms with Crippen LogP contribution in [0.5, 0.6) is 5.75 Å². The maximum Gasteiger partial charge on any atom is 0.225 e. The van der Waals surface area contributed by atoms with Crippen LogP contribution in [-0.2, 0) is 4.79 Å². The van der Waals surface area contributed by atoms with Crippen molar-refractivity contribution in [3.05, 3.63) is 58.6 Å². The van der Waals surface area contributed by atoms with Gasteiger partial charge >= 0.3 is 0 Å². The van der Waals surface area contributed by atoms with E-state index in [2.05, 4.69) is 5.32 Å². The minimum atomic E-state index is -0.0713. The van der Waals surface area contributed by atoms with Crippen LogP contribution >= 0.6 is 11.6 Å². The molecule has 96 valence electrons. The highest BCUT2D eigenvalue weighted by Crippen LogP contribution is 2.40. The van der Waals surface area contributed by atoms with Crippen LogP contribution in [0.2, 0.25) is 5.02 Å². The third-order valence-corrected chi connectivity index (χ3v) is 3.70. The topological polar surface area (TPSA) is 49.3 Å². The van der Waals surface area contributed by atoms with Crippen molar-refractivity contribution in [2.75, 3.05) is 5.32 Å². The van der Waals surface area contributed by atoms with Crippen molar-refractivity contribution in [3.63, 3.8) is 0 Å². The number of nitrogens with one attached hydrogen (secondary N) is 1. The van der Waals surface area contributed by atoms with Gasteiger partial charge in [-0.2, -0.15) is 0 Å².